The molecule has 0 aliphatic rings. The first-order chi connectivity index (χ1) is 13.1. The molecule has 27 heavy (non-hydrogen) atoms. The first-order valence-corrected chi connectivity index (χ1v) is 8.65. The lowest BCUT2D eigenvalue weighted by molar-refractivity contribution is -0.115. The molecule has 0 atom stereocenters. The van der Waals surface area contributed by atoms with Crippen LogP contribution in [0.2, 0.25) is 5.02 Å². The van der Waals surface area contributed by atoms with E-state index in [1.807, 2.05) is 36.4 Å². The predicted molar refractivity (Wildman–Crippen MR) is 105 cm³/mol. The zero-order chi connectivity index (χ0) is 19.1. The molecule has 5 nitrogen and oxygen atoms in total. The molecule has 2 N–H and O–H groups in total. The highest BCUT2D eigenvalue weighted by Crippen LogP contribution is 2.28. The van der Waals surface area contributed by atoms with Gasteiger partial charge in [-0.15, -0.1) is 0 Å². The lowest BCUT2D eigenvalue weighted by Crippen LogP contribution is -2.32. The van der Waals surface area contributed by atoms with Crippen LogP contribution in [-0.4, -0.2) is 18.4 Å². The summed E-state index contributed by atoms with van der Waals surface area (Å²) in [6, 6.07) is 22.8. The molecule has 0 saturated carbocycles. The molecule has 0 heterocycles. The van der Waals surface area contributed by atoms with Gasteiger partial charge in [-0.25, -0.2) is 0 Å². The van der Waals surface area contributed by atoms with Gasteiger partial charge in [-0.3, -0.25) is 9.59 Å². The molecule has 3 aromatic rings. The lowest BCUT2D eigenvalue weighted by Gasteiger charge is -2.12. The van der Waals surface area contributed by atoms with Crippen molar-refractivity contribution in [2.75, 3.05) is 11.9 Å². The summed E-state index contributed by atoms with van der Waals surface area (Å²) in [4.78, 5) is 24.3. The van der Waals surface area contributed by atoms with Gasteiger partial charge in [0.2, 0.25) is 5.91 Å². The Morgan fingerprint density at radius 1 is 0.852 bits per heavy atom. The van der Waals surface area contributed by atoms with Crippen LogP contribution in [0.5, 0.6) is 11.5 Å². The number of benzene rings is 3. The highest BCUT2D eigenvalue weighted by molar-refractivity contribution is 6.30. The number of para-hydroxylation sites is 3. The molecule has 0 spiro atoms. The van der Waals surface area contributed by atoms with Gasteiger partial charge in [0.15, 0.2) is 5.75 Å². The van der Waals surface area contributed by atoms with E-state index in [2.05, 4.69) is 10.6 Å². The molecule has 0 radical (unpaired) electrons. The van der Waals surface area contributed by atoms with E-state index in [1.165, 1.54) is 0 Å². The number of hydrogen-bond acceptors (Lipinski definition) is 3. The molecule has 6 heteroatoms. The standard InChI is InChI=1S/C21H17ClN2O3/c22-16-12-10-15(11-13-16)21(26)23-14-20(25)24-18-8-4-5-9-19(18)27-17-6-2-1-3-7-17/h1-13H,14H2,(H,23,26)(H,24,25). The van der Waals surface area contributed by atoms with Gasteiger partial charge in [-0.05, 0) is 48.5 Å². The Balaban J connectivity index is 1.59. The SMILES string of the molecule is O=C(CNC(=O)c1ccc(Cl)cc1)Nc1ccccc1Oc1ccccc1. The van der Waals surface area contributed by atoms with E-state index in [4.69, 9.17) is 16.3 Å². The summed E-state index contributed by atoms with van der Waals surface area (Å²) in [5, 5.41) is 5.86. The van der Waals surface area contributed by atoms with Crippen molar-refractivity contribution in [3.8, 4) is 11.5 Å². The minimum atomic E-state index is -0.360. The van der Waals surface area contributed by atoms with E-state index in [1.54, 1.807) is 42.5 Å². The Labute approximate surface area is 161 Å². The second-order valence-electron chi connectivity index (χ2n) is 5.65. The predicted octanol–water partition coefficient (Wildman–Crippen LogP) is 4.50. The first-order valence-electron chi connectivity index (χ1n) is 8.27. The van der Waals surface area contributed by atoms with Crippen molar-refractivity contribution < 1.29 is 14.3 Å². The third kappa shape index (κ3) is 5.33. The number of hydrogen-bond donors (Lipinski definition) is 2. The molecule has 0 unspecified atom stereocenters. The van der Waals surface area contributed by atoms with E-state index < -0.39 is 0 Å². The second-order valence-corrected chi connectivity index (χ2v) is 6.09. The third-order valence-electron chi connectivity index (χ3n) is 3.65. The summed E-state index contributed by atoms with van der Waals surface area (Å²) in [6.45, 7) is -0.166. The maximum absolute atomic E-state index is 12.2. The number of rotatable bonds is 6. The molecular weight excluding hydrogens is 364 g/mol. The summed E-state index contributed by atoms with van der Waals surface area (Å²) in [6.07, 6.45) is 0. The van der Waals surface area contributed by atoms with Gasteiger partial charge >= 0.3 is 0 Å². The largest absolute Gasteiger partial charge is 0.455 e. The highest BCUT2D eigenvalue weighted by Gasteiger charge is 2.11. The van der Waals surface area contributed by atoms with E-state index in [9.17, 15) is 9.59 Å². The molecule has 0 aliphatic heterocycles. The molecular formula is C21H17ClN2O3. The van der Waals surface area contributed by atoms with Crippen LogP contribution >= 0.6 is 11.6 Å². The Kier molecular flexibility index (Phi) is 6.07. The van der Waals surface area contributed by atoms with Crippen molar-refractivity contribution in [1.29, 1.82) is 0 Å². The van der Waals surface area contributed by atoms with Crippen molar-refractivity contribution >= 4 is 29.1 Å². The first kappa shape index (κ1) is 18.5. The number of carbonyl (C=O) groups is 2. The monoisotopic (exact) mass is 380 g/mol. The van der Waals surface area contributed by atoms with Crippen molar-refractivity contribution in [3.63, 3.8) is 0 Å². The quantitative estimate of drug-likeness (QED) is 0.661. The van der Waals surface area contributed by atoms with Crippen LogP contribution in [-0.2, 0) is 4.79 Å². The summed E-state index contributed by atoms with van der Waals surface area (Å²) in [7, 11) is 0. The summed E-state index contributed by atoms with van der Waals surface area (Å²) < 4.78 is 5.80. The average molecular weight is 381 g/mol. The zero-order valence-corrected chi connectivity index (χ0v) is 15.1. The number of anilines is 1. The van der Waals surface area contributed by atoms with Crippen LogP contribution in [0.1, 0.15) is 10.4 Å². The van der Waals surface area contributed by atoms with E-state index in [0.29, 0.717) is 27.8 Å². The van der Waals surface area contributed by atoms with Gasteiger partial charge in [0, 0.05) is 10.6 Å². The van der Waals surface area contributed by atoms with Crippen LogP contribution in [0.25, 0.3) is 0 Å². The minimum absolute atomic E-state index is 0.166. The topological polar surface area (TPSA) is 67.4 Å². The Hall–Kier alpha value is -3.31. The molecule has 0 fully saturated rings. The fourth-order valence-corrected chi connectivity index (χ4v) is 2.46. The molecule has 0 bridgehead atoms. The number of amides is 2. The molecule has 3 aromatic carbocycles. The normalized spacial score (nSPS) is 10.1. The molecule has 3 rings (SSSR count). The second kappa shape index (κ2) is 8.87. The smallest absolute Gasteiger partial charge is 0.251 e. The molecule has 0 aromatic heterocycles. The summed E-state index contributed by atoms with van der Waals surface area (Å²) in [5.41, 5.74) is 0.951. The van der Waals surface area contributed by atoms with Crippen molar-refractivity contribution in [2.45, 2.75) is 0 Å². The van der Waals surface area contributed by atoms with Crippen LogP contribution in [0.15, 0.2) is 78.9 Å². The molecule has 0 aliphatic carbocycles. The Morgan fingerprint density at radius 3 is 2.26 bits per heavy atom. The van der Waals surface area contributed by atoms with E-state index >= 15 is 0 Å². The third-order valence-corrected chi connectivity index (χ3v) is 3.90. The van der Waals surface area contributed by atoms with Crippen molar-refractivity contribution in [2.24, 2.45) is 0 Å². The van der Waals surface area contributed by atoms with Crippen LogP contribution < -0.4 is 15.4 Å². The van der Waals surface area contributed by atoms with Gasteiger partial charge in [0.05, 0.1) is 12.2 Å². The fourth-order valence-electron chi connectivity index (χ4n) is 2.33. The van der Waals surface area contributed by atoms with Gasteiger partial charge in [-0.2, -0.15) is 0 Å². The van der Waals surface area contributed by atoms with E-state index in [-0.39, 0.29) is 18.4 Å². The molecule has 0 saturated heterocycles. The maximum Gasteiger partial charge on any atom is 0.251 e. The zero-order valence-electron chi connectivity index (χ0n) is 14.3. The Morgan fingerprint density at radius 2 is 1.52 bits per heavy atom. The maximum atomic E-state index is 12.2. The minimum Gasteiger partial charge on any atom is -0.455 e. The molecule has 136 valence electrons. The van der Waals surface area contributed by atoms with Crippen LogP contribution in [0, 0.1) is 0 Å². The number of ether oxygens (including phenoxy) is 1. The molecule has 2 amide bonds. The number of halogens is 1. The Bertz CT molecular complexity index is 928. The van der Waals surface area contributed by atoms with Crippen LogP contribution in [0.3, 0.4) is 0 Å². The lowest BCUT2D eigenvalue weighted by atomic mass is 10.2. The van der Waals surface area contributed by atoms with Crippen molar-refractivity contribution in [1.82, 2.24) is 5.32 Å². The van der Waals surface area contributed by atoms with Crippen molar-refractivity contribution in [3.05, 3.63) is 89.4 Å². The summed E-state index contributed by atoms with van der Waals surface area (Å²) in [5.74, 6) is 0.466. The van der Waals surface area contributed by atoms with Gasteiger partial charge in [0.1, 0.15) is 5.75 Å². The van der Waals surface area contributed by atoms with Gasteiger partial charge < -0.3 is 15.4 Å². The average Bonchev–Trinajstić information content (AvgIpc) is 2.69. The van der Waals surface area contributed by atoms with E-state index in [0.717, 1.165) is 0 Å². The number of carbonyl (C=O) groups excluding carboxylic acids is 2. The summed E-state index contributed by atoms with van der Waals surface area (Å²) >= 11 is 5.80. The van der Waals surface area contributed by atoms with Crippen LogP contribution in [0.4, 0.5) is 5.69 Å². The fraction of sp³-hybridized carbons (Fsp3) is 0.0476. The van der Waals surface area contributed by atoms with Gasteiger partial charge in [0.25, 0.3) is 5.91 Å². The van der Waals surface area contributed by atoms with Gasteiger partial charge in [-0.1, -0.05) is 41.9 Å². The number of nitrogens with one attached hydrogen (secondary N) is 2. The highest BCUT2D eigenvalue weighted by atomic mass is 35.5.